The van der Waals surface area contributed by atoms with Gasteiger partial charge >= 0.3 is 0 Å². The zero-order chi connectivity index (χ0) is 14.8. The number of hydrogen-bond acceptors (Lipinski definition) is 5. The number of thiophene rings is 1. The quantitative estimate of drug-likeness (QED) is 0.467. The zero-order valence-electron chi connectivity index (χ0n) is 12.6. The Balaban J connectivity index is 1.45. The Morgan fingerprint density at radius 3 is 2.38 bits per heavy atom. The van der Waals surface area contributed by atoms with Crippen molar-refractivity contribution in [2.24, 2.45) is 5.92 Å². The average Bonchev–Trinajstić information content (AvgIpc) is 2.87. The van der Waals surface area contributed by atoms with Crippen molar-refractivity contribution in [3.8, 4) is 11.5 Å². The summed E-state index contributed by atoms with van der Waals surface area (Å²) in [6, 6.07) is 0. The van der Waals surface area contributed by atoms with E-state index in [1.165, 1.54) is 50.0 Å². The van der Waals surface area contributed by atoms with Crippen LogP contribution in [-0.2, 0) is 0 Å². The molecule has 0 fully saturated rings. The van der Waals surface area contributed by atoms with Crippen LogP contribution in [0.4, 0.5) is 0 Å². The van der Waals surface area contributed by atoms with Gasteiger partial charge in [-0.05, 0) is 42.9 Å². The molecule has 0 saturated carbocycles. The van der Waals surface area contributed by atoms with Crippen LogP contribution in [0.25, 0.3) is 0 Å². The molecule has 5 heteroatoms. The van der Waals surface area contributed by atoms with Gasteiger partial charge in [0.05, 0.1) is 13.2 Å². The summed E-state index contributed by atoms with van der Waals surface area (Å²) in [5.74, 6) is 6.01. The molecular weight excluding hydrogens is 320 g/mol. The largest absolute Gasteiger partial charge is 0.488 e. The highest BCUT2D eigenvalue weighted by atomic mass is 32.2. The van der Waals surface area contributed by atoms with Crippen LogP contribution >= 0.6 is 35.7 Å². The molecule has 0 N–H and O–H groups in total. The number of thiol groups is 1. The van der Waals surface area contributed by atoms with E-state index in [4.69, 9.17) is 9.47 Å². The van der Waals surface area contributed by atoms with Gasteiger partial charge in [-0.15, -0.1) is 11.3 Å². The molecule has 0 unspecified atom stereocenters. The molecule has 0 radical (unpaired) electrons. The predicted octanol–water partition coefficient (Wildman–Crippen LogP) is 5.14. The molecule has 1 aliphatic rings. The number of unbranched alkanes of at least 4 members (excludes halogenated alkanes) is 3. The highest BCUT2D eigenvalue weighted by molar-refractivity contribution is 7.99. The van der Waals surface area contributed by atoms with Crippen LogP contribution in [0.2, 0.25) is 0 Å². The van der Waals surface area contributed by atoms with E-state index in [1.807, 2.05) is 10.8 Å². The van der Waals surface area contributed by atoms with E-state index in [0.717, 1.165) is 30.5 Å². The van der Waals surface area contributed by atoms with Crippen LogP contribution in [0.3, 0.4) is 0 Å². The summed E-state index contributed by atoms with van der Waals surface area (Å²) < 4.78 is 11.6. The highest BCUT2D eigenvalue weighted by Crippen LogP contribution is 2.34. The minimum absolute atomic E-state index is 0.540. The van der Waals surface area contributed by atoms with Crippen molar-refractivity contribution in [2.45, 2.75) is 38.5 Å². The van der Waals surface area contributed by atoms with Gasteiger partial charge in [0.1, 0.15) is 0 Å². The lowest BCUT2D eigenvalue weighted by atomic mass is 10.1. The average molecular weight is 347 g/mol. The Kier molecular flexibility index (Phi) is 8.83. The van der Waals surface area contributed by atoms with E-state index in [-0.39, 0.29) is 0 Å². The smallest absolute Gasteiger partial charge is 0.171 e. The standard InChI is InChI=1S/C16H26O2S3/c19-7-3-1-2-4-8-20-9-5-6-14-10-17-15-12-21-13-16(15)18-11-14/h12-14,19H,1-11H2. The summed E-state index contributed by atoms with van der Waals surface area (Å²) in [5.41, 5.74) is 0. The van der Waals surface area contributed by atoms with Crippen molar-refractivity contribution < 1.29 is 9.47 Å². The predicted molar refractivity (Wildman–Crippen MR) is 97.7 cm³/mol. The molecular formula is C16H26O2S3. The second kappa shape index (κ2) is 10.7. The van der Waals surface area contributed by atoms with Crippen LogP contribution in [0.1, 0.15) is 38.5 Å². The Morgan fingerprint density at radius 2 is 1.67 bits per heavy atom. The summed E-state index contributed by atoms with van der Waals surface area (Å²) >= 11 is 7.97. The van der Waals surface area contributed by atoms with Gasteiger partial charge in [-0.1, -0.05) is 12.8 Å². The Bertz CT molecular complexity index is 359. The monoisotopic (exact) mass is 346 g/mol. The first-order valence-electron chi connectivity index (χ1n) is 7.90. The number of hydrogen-bond donors (Lipinski definition) is 1. The molecule has 1 aromatic rings. The van der Waals surface area contributed by atoms with Crippen LogP contribution in [0.15, 0.2) is 10.8 Å². The van der Waals surface area contributed by atoms with E-state index in [0.29, 0.717) is 5.92 Å². The van der Waals surface area contributed by atoms with Gasteiger partial charge < -0.3 is 9.47 Å². The molecule has 2 rings (SSSR count). The maximum Gasteiger partial charge on any atom is 0.171 e. The van der Waals surface area contributed by atoms with E-state index in [9.17, 15) is 0 Å². The first-order chi connectivity index (χ1) is 10.4. The number of ether oxygens (including phenoxy) is 2. The van der Waals surface area contributed by atoms with E-state index < -0.39 is 0 Å². The maximum absolute atomic E-state index is 5.81. The van der Waals surface area contributed by atoms with Crippen LogP contribution in [0.5, 0.6) is 11.5 Å². The lowest BCUT2D eigenvalue weighted by Gasteiger charge is -2.13. The summed E-state index contributed by atoms with van der Waals surface area (Å²) in [7, 11) is 0. The third kappa shape index (κ3) is 6.74. The summed E-state index contributed by atoms with van der Waals surface area (Å²) in [5, 5.41) is 4.06. The molecule has 0 spiro atoms. The molecule has 0 amide bonds. The molecule has 1 aromatic heterocycles. The van der Waals surface area contributed by atoms with Gasteiger partial charge in [0.15, 0.2) is 11.5 Å². The lowest BCUT2D eigenvalue weighted by Crippen LogP contribution is -2.17. The Labute approximate surface area is 142 Å². The molecule has 1 aliphatic heterocycles. The molecule has 21 heavy (non-hydrogen) atoms. The van der Waals surface area contributed by atoms with Crippen molar-refractivity contribution >= 4 is 35.7 Å². The van der Waals surface area contributed by atoms with Gasteiger partial charge in [0.2, 0.25) is 0 Å². The second-order valence-electron chi connectivity index (χ2n) is 5.48. The van der Waals surface area contributed by atoms with Crippen molar-refractivity contribution in [3.63, 3.8) is 0 Å². The van der Waals surface area contributed by atoms with Gasteiger partial charge in [-0.2, -0.15) is 24.4 Å². The highest BCUT2D eigenvalue weighted by Gasteiger charge is 2.18. The molecule has 0 bridgehead atoms. The normalized spacial score (nSPS) is 15.1. The fraction of sp³-hybridized carbons (Fsp3) is 0.750. The zero-order valence-corrected chi connectivity index (χ0v) is 15.1. The molecule has 0 aromatic carbocycles. The van der Waals surface area contributed by atoms with Crippen molar-refractivity contribution in [1.29, 1.82) is 0 Å². The van der Waals surface area contributed by atoms with Crippen LogP contribution < -0.4 is 9.47 Å². The molecule has 0 aliphatic carbocycles. The minimum Gasteiger partial charge on any atom is -0.488 e. The third-order valence-corrected chi connectivity index (χ3v) is 5.81. The molecule has 0 saturated heterocycles. The van der Waals surface area contributed by atoms with Gasteiger partial charge in [-0.3, -0.25) is 0 Å². The number of thioether (sulfide) groups is 1. The van der Waals surface area contributed by atoms with E-state index >= 15 is 0 Å². The summed E-state index contributed by atoms with van der Waals surface area (Å²) in [6.07, 6.45) is 7.80. The minimum atomic E-state index is 0.540. The van der Waals surface area contributed by atoms with Gasteiger partial charge in [0.25, 0.3) is 0 Å². The van der Waals surface area contributed by atoms with Crippen molar-refractivity contribution in [1.82, 2.24) is 0 Å². The van der Waals surface area contributed by atoms with Crippen molar-refractivity contribution in [2.75, 3.05) is 30.5 Å². The SMILES string of the molecule is SCCCCCCSCCCC1COc2cscc2OC1. The fourth-order valence-corrected chi connectivity index (χ4v) is 4.25. The van der Waals surface area contributed by atoms with E-state index in [1.54, 1.807) is 11.3 Å². The first kappa shape index (κ1) is 17.4. The Morgan fingerprint density at radius 1 is 1.00 bits per heavy atom. The van der Waals surface area contributed by atoms with Crippen molar-refractivity contribution in [3.05, 3.63) is 10.8 Å². The number of rotatable bonds is 10. The number of fused-ring (bicyclic) bond motifs is 1. The topological polar surface area (TPSA) is 18.5 Å². The van der Waals surface area contributed by atoms with Crippen LogP contribution in [0, 0.1) is 5.92 Å². The van der Waals surface area contributed by atoms with Crippen LogP contribution in [-0.4, -0.2) is 30.5 Å². The molecule has 2 heterocycles. The maximum atomic E-state index is 5.81. The van der Waals surface area contributed by atoms with E-state index in [2.05, 4.69) is 24.4 Å². The summed E-state index contributed by atoms with van der Waals surface area (Å²) in [6.45, 7) is 1.61. The summed E-state index contributed by atoms with van der Waals surface area (Å²) in [4.78, 5) is 0. The lowest BCUT2D eigenvalue weighted by molar-refractivity contribution is 0.205. The molecule has 0 atom stereocenters. The second-order valence-corrected chi connectivity index (χ2v) is 7.90. The Hall–Kier alpha value is -0.0000000000000000555. The van der Waals surface area contributed by atoms with Gasteiger partial charge in [-0.25, -0.2) is 0 Å². The third-order valence-electron chi connectivity index (χ3n) is 3.64. The molecule has 120 valence electrons. The van der Waals surface area contributed by atoms with Gasteiger partial charge in [0, 0.05) is 16.7 Å². The molecule has 2 nitrogen and oxygen atoms in total. The fourth-order valence-electron chi connectivity index (χ4n) is 2.36. The first-order valence-corrected chi connectivity index (χ1v) is 10.6.